The second-order valence-corrected chi connectivity index (χ2v) is 7.34. The number of fused-ring (bicyclic) bond motifs is 1. The van der Waals surface area contributed by atoms with Crippen molar-refractivity contribution < 1.29 is 9.45 Å². The largest absolute Gasteiger partial charge is 0.338 e. The molecule has 4 aromatic rings. The SMILES string of the molecule is Cn1c(SCc2nc(-c3cccc([N+](=O)[O-])c3)no2)nc2sccc2c1=O. The Morgan fingerprint density at radius 2 is 2.19 bits per heavy atom. The minimum Gasteiger partial charge on any atom is -0.338 e. The molecule has 0 saturated carbocycles. The van der Waals surface area contributed by atoms with Crippen LogP contribution in [0.4, 0.5) is 5.69 Å². The van der Waals surface area contributed by atoms with E-state index in [0.717, 1.165) is 0 Å². The first-order valence-electron chi connectivity index (χ1n) is 7.67. The quantitative estimate of drug-likeness (QED) is 0.216. The molecule has 0 atom stereocenters. The van der Waals surface area contributed by atoms with Crippen molar-refractivity contribution in [2.24, 2.45) is 7.05 Å². The number of aromatic nitrogens is 4. The summed E-state index contributed by atoms with van der Waals surface area (Å²) in [5, 5.41) is 17.7. The topological polar surface area (TPSA) is 117 Å². The van der Waals surface area contributed by atoms with Crippen molar-refractivity contribution in [3.8, 4) is 11.4 Å². The maximum absolute atomic E-state index is 12.3. The van der Waals surface area contributed by atoms with E-state index >= 15 is 0 Å². The molecule has 0 saturated heterocycles. The van der Waals surface area contributed by atoms with Crippen molar-refractivity contribution in [2.75, 3.05) is 0 Å². The maximum atomic E-state index is 12.3. The highest BCUT2D eigenvalue weighted by atomic mass is 32.2. The number of nitro benzene ring substituents is 1. The molecule has 0 spiro atoms. The van der Waals surface area contributed by atoms with Crippen LogP contribution in [0.5, 0.6) is 0 Å². The van der Waals surface area contributed by atoms with E-state index in [0.29, 0.717) is 32.6 Å². The van der Waals surface area contributed by atoms with Gasteiger partial charge in [-0.3, -0.25) is 19.5 Å². The van der Waals surface area contributed by atoms with Gasteiger partial charge >= 0.3 is 0 Å². The van der Waals surface area contributed by atoms with Gasteiger partial charge in [0.25, 0.3) is 11.2 Å². The number of non-ortho nitro benzene ring substituents is 1. The molecule has 0 N–H and O–H groups in total. The fourth-order valence-electron chi connectivity index (χ4n) is 2.42. The summed E-state index contributed by atoms with van der Waals surface area (Å²) in [6, 6.07) is 7.77. The van der Waals surface area contributed by atoms with Gasteiger partial charge in [-0.15, -0.1) is 11.3 Å². The van der Waals surface area contributed by atoms with E-state index < -0.39 is 4.92 Å². The molecule has 4 rings (SSSR count). The second kappa shape index (κ2) is 6.93. The van der Waals surface area contributed by atoms with Gasteiger partial charge in [0, 0.05) is 24.7 Å². The molecule has 0 aliphatic rings. The van der Waals surface area contributed by atoms with Gasteiger partial charge in [-0.2, -0.15) is 4.98 Å². The van der Waals surface area contributed by atoms with Gasteiger partial charge in [0.15, 0.2) is 5.16 Å². The number of thiophene rings is 1. The van der Waals surface area contributed by atoms with Crippen LogP contribution >= 0.6 is 23.1 Å². The summed E-state index contributed by atoms with van der Waals surface area (Å²) >= 11 is 2.71. The Labute approximate surface area is 159 Å². The molecule has 0 aliphatic heterocycles. The predicted molar refractivity (Wildman–Crippen MR) is 101 cm³/mol. The lowest BCUT2D eigenvalue weighted by molar-refractivity contribution is -0.384. The van der Waals surface area contributed by atoms with Gasteiger partial charge in [-0.1, -0.05) is 29.1 Å². The fourth-order valence-corrected chi connectivity index (χ4v) is 4.04. The molecule has 0 amide bonds. The molecule has 11 heteroatoms. The van der Waals surface area contributed by atoms with Gasteiger partial charge < -0.3 is 4.52 Å². The fraction of sp³-hybridized carbons (Fsp3) is 0.125. The molecule has 0 radical (unpaired) electrons. The molecule has 0 unspecified atom stereocenters. The van der Waals surface area contributed by atoms with E-state index in [2.05, 4.69) is 15.1 Å². The molecular formula is C16H11N5O4S2. The lowest BCUT2D eigenvalue weighted by Crippen LogP contribution is -2.19. The van der Waals surface area contributed by atoms with Gasteiger partial charge in [-0.25, -0.2) is 4.98 Å². The zero-order valence-electron chi connectivity index (χ0n) is 13.9. The third kappa shape index (κ3) is 3.34. The number of hydrogen-bond donors (Lipinski definition) is 0. The lowest BCUT2D eigenvalue weighted by atomic mass is 10.2. The Balaban J connectivity index is 1.55. The summed E-state index contributed by atoms with van der Waals surface area (Å²) < 4.78 is 6.70. The van der Waals surface area contributed by atoms with Crippen molar-refractivity contribution in [1.29, 1.82) is 0 Å². The molecule has 1 aromatic carbocycles. The zero-order chi connectivity index (χ0) is 19.0. The Hall–Kier alpha value is -3.05. The predicted octanol–water partition coefficient (Wildman–Crippen LogP) is 3.25. The molecule has 9 nitrogen and oxygen atoms in total. The number of hydrogen-bond acceptors (Lipinski definition) is 9. The van der Waals surface area contributed by atoms with Crippen LogP contribution in [0.3, 0.4) is 0 Å². The van der Waals surface area contributed by atoms with Gasteiger partial charge in [0.2, 0.25) is 11.7 Å². The summed E-state index contributed by atoms with van der Waals surface area (Å²) in [7, 11) is 1.66. The highest BCUT2D eigenvalue weighted by Crippen LogP contribution is 2.25. The van der Waals surface area contributed by atoms with Gasteiger partial charge in [-0.05, 0) is 11.4 Å². The van der Waals surface area contributed by atoms with Crippen LogP contribution in [-0.4, -0.2) is 24.6 Å². The third-order valence-corrected chi connectivity index (χ3v) is 5.59. The summed E-state index contributed by atoms with van der Waals surface area (Å²) in [5.74, 6) is 0.922. The summed E-state index contributed by atoms with van der Waals surface area (Å²) in [5.41, 5.74) is 0.345. The normalized spacial score (nSPS) is 11.1. The molecule has 0 aliphatic carbocycles. The van der Waals surface area contributed by atoms with Gasteiger partial charge in [0.1, 0.15) is 4.83 Å². The highest BCUT2D eigenvalue weighted by Gasteiger charge is 2.15. The van der Waals surface area contributed by atoms with Crippen molar-refractivity contribution in [2.45, 2.75) is 10.9 Å². The van der Waals surface area contributed by atoms with Crippen LogP contribution in [0, 0.1) is 10.1 Å². The number of rotatable bonds is 5. The van der Waals surface area contributed by atoms with E-state index in [1.54, 1.807) is 25.2 Å². The summed E-state index contributed by atoms with van der Waals surface area (Å²) in [6.07, 6.45) is 0. The average molecular weight is 401 g/mol. The van der Waals surface area contributed by atoms with E-state index in [1.807, 2.05) is 5.38 Å². The van der Waals surface area contributed by atoms with E-state index in [9.17, 15) is 14.9 Å². The van der Waals surface area contributed by atoms with Crippen LogP contribution in [0.15, 0.2) is 50.2 Å². The van der Waals surface area contributed by atoms with Crippen LogP contribution in [0.1, 0.15) is 5.89 Å². The van der Waals surface area contributed by atoms with E-state index in [-0.39, 0.29) is 17.1 Å². The molecule has 0 fully saturated rings. The van der Waals surface area contributed by atoms with Crippen LogP contribution in [0.2, 0.25) is 0 Å². The first-order chi connectivity index (χ1) is 13.0. The van der Waals surface area contributed by atoms with Crippen molar-refractivity contribution in [3.63, 3.8) is 0 Å². The first-order valence-corrected chi connectivity index (χ1v) is 9.54. The maximum Gasteiger partial charge on any atom is 0.270 e. The summed E-state index contributed by atoms with van der Waals surface area (Å²) in [4.78, 5) is 32.2. The first kappa shape index (κ1) is 17.4. The monoisotopic (exact) mass is 401 g/mol. The number of nitro groups is 1. The van der Waals surface area contributed by atoms with Crippen LogP contribution < -0.4 is 5.56 Å². The minimum atomic E-state index is -0.479. The zero-order valence-corrected chi connectivity index (χ0v) is 15.5. The Kier molecular flexibility index (Phi) is 4.46. The van der Waals surface area contributed by atoms with Crippen molar-refractivity contribution in [3.05, 3.63) is 62.1 Å². The average Bonchev–Trinajstić information content (AvgIpc) is 3.33. The molecule has 3 aromatic heterocycles. The Morgan fingerprint density at radius 1 is 1.33 bits per heavy atom. The highest BCUT2D eigenvalue weighted by molar-refractivity contribution is 7.98. The van der Waals surface area contributed by atoms with Crippen molar-refractivity contribution in [1.82, 2.24) is 19.7 Å². The molecule has 27 heavy (non-hydrogen) atoms. The molecule has 0 bridgehead atoms. The standard InChI is InChI=1S/C16H11N5O4S2/c1-20-15(22)11-5-6-26-14(11)18-16(20)27-8-12-17-13(19-25-12)9-3-2-4-10(7-9)21(23)24/h2-7H,8H2,1H3. The van der Waals surface area contributed by atoms with Crippen molar-refractivity contribution >= 4 is 39.0 Å². The van der Waals surface area contributed by atoms with E-state index in [1.165, 1.54) is 39.8 Å². The molecule has 3 heterocycles. The molecular weight excluding hydrogens is 390 g/mol. The van der Waals surface area contributed by atoms with Gasteiger partial charge in [0.05, 0.1) is 16.1 Å². The number of thioether (sulfide) groups is 1. The Morgan fingerprint density at radius 3 is 3.00 bits per heavy atom. The second-order valence-electron chi connectivity index (χ2n) is 5.51. The minimum absolute atomic E-state index is 0.0447. The van der Waals surface area contributed by atoms with Crippen LogP contribution in [0.25, 0.3) is 21.6 Å². The summed E-state index contributed by atoms with van der Waals surface area (Å²) in [6.45, 7) is 0. The van der Waals surface area contributed by atoms with E-state index in [4.69, 9.17) is 4.52 Å². The Bertz CT molecular complexity index is 1210. The lowest BCUT2D eigenvalue weighted by Gasteiger charge is -2.05. The number of nitrogens with zero attached hydrogens (tertiary/aromatic N) is 5. The number of benzene rings is 1. The van der Waals surface area contributed by atoms with Crippen LogP contribution in [-0.2, 0) is 12.8 Å². The third-order valence-electron chi connectivity index (χ3n) is 3.77. The smallest absolute Gasteiger partial charge is 0.270 e. The molecule has 136 valence electrons.